The molecule has 0 bridgehead atoms. The maximum atomic E-state index is 13.6. The van der Waals surface area contributed by atoms with Crippen molar-refractivity contribution in [3.63, 3.8) is 0 Å². The average molecular weight is 512 g/mol. The minimum atomic E-state index is -0.403. The van der Waals surface area contributed by atoms with Gasteiger partial charge in [0.25, 0.3) is 11.5 Å². The molecule has 7 nitrogen and oxygen atoms in total. The van der Waals surface area contributed by atoms with Crippen LogP contribution in [0.3, 0.4) is 0 Å². The zero-order chi connectivity index (χ0) is 25.2. The summed E-state index contributed by atoms with van der Waals surface area (Å²) in [5.41, 5.74) is 1.87. The number of pyridine rings is 1. The van der Waals surface area contributed by atoms with E-state index in [-0.39, 0.29) is 28.4 Å². The van der Waals surface area contributed by atoms with E-state index in [2.05, 4.69) is 5.32 Å². The maximum Gasteiger partial charge on any atom is 0.271 e. The number of nitrogens with zero attached hydrogens (tertiary/aromatic N) is 2. The molecule has 1 saturated heterocycles. The van der Waals surface area contributed by atoms with Crippen LogP contribution in [0.1, 0.15) is 41.1 Å². The highest BCUT2D eigenvalue weighted by Crippen LogP contribution is 2.36. The summed E-state index contributed by atoms with van der Waals surface area (Å²) in [6.45, 7) is 2.22. The molecule has 1 aromatic heterocycles. The normalized spacial score (nSPS) is 15.9. The zero-order valence-electron chi connectivity index (χ0n) is 19.9. The predicted molar refractivity (Wildman–Crippen MR) is 136 cm³/mol. The lowest BCUT2D eigenvalue weighted by atomic mass is 9.89. The Hall–Kier alpha value is -3.52. The fourth-order valence-electron chi connectivity index (χ4n) is 4.69. The molecule has 9 heteroatoms. The second-order valence-electron chi connectivity index (χ2n) is 9.10. The quantitative estimate of drug-likeness (QED) is 0.527. The molecule has 0 unspecified atom stereocenters. The van der Waals surface area contributed by atoms with E-state index in [1.807, 2.05) is 12.1 Å². The number of carbonyl (C=O) groups excluding carboxylic acids is 1. The van der Waals surface area contributed by atoms with Crippen molar-refractivity contribution in [3.05, 3.63) is 81.0 Å². The predicted octanol–water partition coefficient (Wildman–Crippen LogP) is 5.10. The molecule has 0 atom stereocenters. The molecule has 0 spiro atoms. The fraction of sp³-hybridized carbons (Fsp3) is 0.333. The van der Waals surface area contributed by atoms with Crippen molar-refractivity contribution < 1.29 is 18.7 Å². The van der Waals surface area contributed by atoms with Crippen molar-refractivity contribution in [1.82, 2.24) is 9.47 Å². The number of rotatable bonds is 4. The van der Waals surface area contributed by atoms with Crippen molar-refractivity contribution in [2.75, 3.05) is 31.6 Å². The van der Waals surface area contributed by atoms with Gasteiger partial charge in [0.2, 0.25) is 0 Å². The molecular weight excluding hydrogens is 485 g/mol. The molecule has 3 aromatic rings. The molecule has 5 rings (SSSR count). The minimum absolute atomic E-state index is 0.0586. The Kier molecular flexibility index (Phi) is 6.87. The van der Waals surface area contributed by atoms with E-state index in [0.29, 0.717) is 49.1 Å². The first kappa shape index (κ1) is 24.2. The Balaban J connectivity index is 1.39. The lowest BCUT2D eigenvalue weighted by Crippen LogP contribution is -2.39. The lowest BCUT2D eigenvalue weighted by molar-refractivity contribution is 0.0713. The number of nitrogens with one attached hydrogen (secondary N) is 1. The number of hydrogen-bond acceptors (Lipinski definition) is 5. The third-order valence-electron chi connectivity index (χ3n) is 6.69. The third kappa shape index (κ3) is 4.91. The van der Waals surface area contributed by atoms with Crippen LogP contribution in [-0.4, -0.2) is 41.7 Å². The van der Waals surface area contributed by atoms with Crippen LogP contribution >= 0.6 is 11.6 Å². The lowest BCUT2D eigenvalue weighted by Gasteiger charge is -2.33. The number of aromatic nitrogens is 1. The molecule has 1 N–H and O–H groups in total. The molecule has 3 heterocycles. The topological polar surface area (TPSA) is 72.8 Å². The second kappa shape index (κ2) is 10.2. The largest absolute Gasteiger partial charge is 0.490 e. The SMILES string of the molecule is Cn1cc(C(=O)N2CCC(c3ccc(F)cc3)CC2)c(Nc2ccc3c(c2)OCCCO3)c(Cl)c1=O. The second-order valence-corrected chi connectivity index (χ2v) is 9.48. The van der Waals surface area contributed by atoms with Gasteiger partial charge < -0.3 is 24.3 Å². The van der Waals surface area contributed by atoms with Gasteiger partial charge >= 0.3 is 0 Å². The van der Waals surface area contributed by atoms with E-state index in [4.69, 9.17) is 21.1 Å². The van der Waals surface area contributed by atoms with Gasteiger partial charge in [0, 0.05) is 44.5 Å². The Labute approximate surface area is 213 Å². The van der Waals surface area contributed by atoms with Crippen LogP contribution in [0.5, 0.6) is 11.5 Å². The minimum Gasteiger partial charge on any atom is -0.490 e. The zero-order valence-corrected chi connectivity index (χ0v) is 20.7. The van der Waals surface area contributed by atoms with Gasteiger partial charge in [0.1, 0.15) is 10.8 Å². The van der Waals surface area contributed by atoms with Crippen LogP contribution in [0.4, 0.5) is 15.8 Å². The number of fused-ring (bicyclic) bond motifs is 1. The fourth-order valence-corrected chi connectivity index (χ4v) is 4.97. The van der Waals surface area contributed by atoms with E-state index in [1.165, 1.54) is 22.9 Å². The van der Waals surface area contributed by atoms with Crippen LogP contribution in [0.2, 0.25) is 5.02 Å². The van der Waals surface area contributed by atoms with Crippen LogP contribution in [-0.2, 0) is 7.05 Å². The third-order valence-corrected chi connectivity index (χ3v) is 7.04. The van der Waals surface area contributed by atoms with Crippen molar-refractivity contribution in [2.45, 2.75) is 25.2 Å². The number of likely N-dealkylation sites (tertiary alicyclic amines) is 1. The van der Waals surface area contributed by atoms with Crippen molar-refractivity contribution in [1.29, 1.82) is 0 Å². The summed E-state index contributed by atoms with van der Waals surface area (Å²) >= 11 is 6.47. The highest BCUT2D eigenvalue weighted by atomic mass is 35.5. The van der Waals surface area contributed by atoms with Gasteiger partial charge in [-0.05, 0) is 48.6 Å². The number of piperidine rings is 1. The van der Waals surface area contributed by atoms with E-state index in [1.54, 1.807) is 30.1 Å². The summed E-state index contributed by atoms with van der Waals surface area (Å²) in [5.74, 6) is 1.04. The van der Waals surface area contributed by atoms with Gasteiger partial charge in [-0.25, -0.2) is 4.39 Å². The Morgan fingerprint density at radius 1 is 1.06 bits per heavy atom. The molecule has 0 saturated carbocycles. The summed E-state index contributed by atoms with van der Waals surface area (Å²) in [6, 6.07) is 11.9. The smallest absolute Gasteiger partial charge is 0.271 e. The van der Waals surface area contributed by atoms with Crippen LogP contribution in [0, 0.1) is 5.82 Å². The van der Waals surface area contributed by atoms with Crippen LogP contribution in [0.15, 0.2) is 53.5 Å². The molecule has 1 amide bonds. The van der Waals surface area contributed by atoms with E-state index < -0.39 is 5.56 Å². The van der Waals surface area contributed by atoms with Gasteiger partial charge in [-0.2, -0.15) is 0 Å². The average Bonchev–Trinajstić information content (AvgIpc) is 3.14. The number of hydrogen-bond donors (Lipinski definition) is 1. The molecule has 1 fully saturated rings. The van der Waals surface area contributed by atoms with Gasteiger partial charge in [-0.3, -0.25) is 9.59 Å². The summed E-state index contributed by atoms with van der Waals surface area (Å²) in [4.78, 5) is 28.0. The Bertz CT molecular complexity index is 1330. The Morgan fingerprint density at radius 2 is 1.75 bits per heavy atom. The molecule has 2 aliphatic rings. The first-order valence-corrected chi connectivity index (χ1v) is 12.4. The molecule has 0 radical (unpaired) electrons. The van der Waals surface area contributed by atoms with Crippen molar-refractivity contribution >= 4 is 28.9 Å². The highest BCUT2D eigenvalue weighted by molar-refractivity contribution is 6.34. The number of ether oxygens (including phenoxy) is 2. The summed E-state index contributed by atoms with van der Waals surface area (Å²) < 4.78 is 26.1. The van der Waals surface area contributed by atoms with Gasteiger partial charge in [0.05, 0.1) is 24.5 Å². The number of carbonyl (C=O) groups is 1. The van der Waals surface area contributed by atoms with Gasteiger partial charge in [0.15, 0.2) is 11.5 Å². The van der Waals surface area contributed by atoms with Gasteiger partial charge in [-0.1, -0.05) is 23.7 Å². The Morgan fingerprint density at radius 3 is 2.47 bits per heavy atom. The van der Waals surface area contributed by atoms with Crippen molar-refractivity contribution in [2.24, 2.45) is 7.05 Å². The van der Waals surface area contributed by atoms with E-state index in [9.17, 15) is 14.0 Å². The standard InChI is InChI=1S/C27H27ClFN3O4/c1-31-16-21(26(33)32-11-9-18(10-12-32)17-3-5-19(29)6-4-17)25(24(28)27(31)34)30-20-7-8-22-23(15-20)36-14-2-13-35-22/h3-8,15-16,18,30H,2,9-14H2,1H3. The molecule has 188 valence electrons. The van der Waals surface area contributed by atoms with Crippen LogP contribution < -0.4 is 20.3 Å². The van der Waals surface area contributed by atoms with Crippen molar-refractivity contribution in [3.8, 4) is 11.5 Å². The first-order valence-electron chi connectivity index (χ1n) is 12.0. The molecule has 2 aliphatic heterocycles. The van der Waals surface area contributed by atoms with Crippen LogP contribution in [0.25, 0.3) is 0 Å². The monoisotopic (exact) mass is 511 g/mol. The van der Waals surface area contributed by atoms with Gasteiger partial charge in [-0.15, -0.1) is 0 Å². The van der Waals surface area contributed by atoms with E-state index >= 15 is 0 Å². The number of anilines is 2. The maximum absolute atomic E-state index is 13.6. The summed E-state index contributed by atoms with van der Waals surface area (Å²) in [7, 11) is 1.57. The highest BCUT2D eigenvalue weighted by Gasteiger charge is 2.28. The molecule has 36 heavy (non-hydrogen) atoms. The first-order chi connectivity index (χ1) is 17.4. The number of aryl methyl sites for hydroxylation is 1. The number of halogens is 2. The number of benzene rings is 2. The molecular formula is C27H27ClFN3O4. The molecule has 0 aliphatic carbocycles. The summed E-state index contributed by atoms with van der Waals surface area (Å²) in [5, 5.41) is 3.12. The molecule has 2 aromatic carbocycles. The number of amides is 1. The summed E-state index contributed by atoms with van der Waals surface area (Å²) in [6.07, 6.45) is 3.84. The van der Waals surface area contributed by atoms with E-state index in [0.717, 1.165) is 24.8 Å².